The zero-order chi connectivity index (χ0) is 11.4. The Morgan fingerprint density at radius 3 is 2.75 bits per heavy atom. The summed E-state index contributed by atoms with van der Waals surface area (Å²) in [5, 5.41) is 0. The summed E-state index contributed by atoms with van der Waals surface area (Å²) in [6, 6.07) is 0.188. The predicted octanol–water partition coefficient (Wildman–Crippen LogP) is 1.86. The van der Waals surface area contributed by atoms with Gasteiger partial charge in [-0.3, -0.25) is 4.98 Å². The molecule has 2 atom stereocenters. The van der Waals surface area contributed by atoms with Gasteiger partial charge in [0.05, 0.1) is 7.11 Å². The second-order valence-electron chi connectivity index (χ2n) is 4.36. The first kappa shape index (κ1) is 11.3. The van der Waals surface area contributed by atoms with Crippen molar-refractivity contribution >= 4 is 0 Å². The summed E-state index contributed by atoms with van der Waals surface area (Å²) < 4.78 is 5.26. The van der Waals surface area contributed by atoms with E-state index in [0.717, 1.165) is 18.5 Å². The third kappa shape index (κ3) is 2.32. The molecule has 1 aromatic heterocycles. The molecule has 16 heavy (non-hydrogen) atoms. The molecule has 4 heteroatoms. The molecular formula is C12H19N3O. The smallest absolute Gasteiger partial charge is 0.235 e. The minimum atomic E-state index is 0.188. The minimum Gasteiger partial charge on any atom is -0.480 e. The summed E-state index contributed by atoms with van der Waals surface area (Å²) in [5.74, 6) is 0.927. The fraction of sp³-hybridized carbons (Fsp3) is 0.667. The molecule has 1 aliphatic carbocycles. The Balaban J connectivity index is 2.26. The van der Waals surface area contributed by atoms with Crippen LogP contribution in [0.15, 0.2) is 12.4 Å². The lowest BCUT2D eigenvalue weighted by molar-refractivity contribution is 0.374. The molecular weight excluding hydrogens is 202 g/mol. The molecule has 4 nitrogen and oxygen atoms in total. The molecule has 0 bridgehead atoms. The Labute approximate surface area is 96.2 Å². The van der Waals surface area contributed by atoms with Gasteiger partial charge in [-0.1, -0.05) is 19.3 Å². The number of hydrogen-bond acceptors (Lipinski definition) is 4. The van der Waals surface area contributed by atoms with Gasteiger partial charge in [0.2, 0.25) is 5.88 Å². The van der Waals surface area contributed by atoms with Crippen molar-refractivity contribution in [1.82, 2.24) is 9.97 Å². The second kappa shape index (κ2) is 5.25. The summed E-state index contributed by atoms with van der Waals surface area (Å²) in [5.41, 5.74) is 7.14. The third-order valence-electron chi connectivity index (χ3n) is 3.31. The van der Waals surface area contributed by atoms with Gasteiger partial charge >= 0.3 is 0 Å². The third-order valence-corrected chi connectivity index (χ3v) is 3.31. The second-order valence-corrected chi connectivity index (χ2v) is 4.36. The number of nitrogens with zero attached hydrogens (tertiary/aromatic N) is 2. The SMILES string of the molecule is COc1nccnc1C1CCCCCC1N. The molecule has 0 radical (unpaired) electrons. The van der Waals surface area contributed by atoms with Crippen molar-refractivity contribution in [3.8, 4) is 5.88 Å². The first-order chi connectivity index (χ1) is 7.83. The van der Waals surface area contributed by atoms with Gasteiger partial charge < -0.3 is 10.5 Å². The summed E-state index contributed by atoms with van der Waals surface area (Å²) in [4.78, 5) is 8.59. The number of nitrogens with two attached hydrogens (primary N) is 1. The number of aromatic nitrogens is 2. The fourth-order valence-corrected chi connectivity index (χ4v) is 2.42. The lowest BCUT2D eigenvalue weighted by Crippen LogP contribution is -2.28. The van der Waals surface area contributed by atoms with E-state index in [4.69, 9.17) is 10.5 Å². The van der Waals surface area contributed by atoms with Gasteiger partial charge in [-0.05, 0) is 12.8 Å². The van der Waals surface area contributed by atoms with E-state index in [-0.39, 0.29) is 6.04 Å². The molecule has 0 aliphatic heterocycles. The van der Waals surface area contributed by atoms with Crippen LogP contribution in [0.25, 0.3) is 0 Å². The van der Waals surface area contributed by atoms with Crippen LogP contribution in [0.4, 0.5) is 0 Å². The summed E-state index contributed by atoms with van der Waals surface area (Å²) in [6.07, 6.45) is 9.26. The van der Waals surface area contributed by atoms with Gasteiger partial charge in [-0.15, -0.1) is 0 Å². The monoisotopic (exact) mass is 221 g/mol. The topological polar surface area (TPSA) is 61.0 Å². The molecule has 2 unspecified atom stereocenters. The maximum atomic E-state index is 6.21. The molecule has 1 aromatic rings. The van der Waals surface area contributed by atoms with Gasteiger partial charge in [0.25, 0.3) is 0 Å². The Morgan fingerprint density at radius 1 is 1.19 bits per heavy atom. The molecule has 0 amide bonds. The van der Waals surface area contributed by atoms with E-state index in [0.29, 0.717) is 11.8 Å². The number of hydrogen-bond donors (Lipinski definition) is 1. The average Bonchev–Trinajstić information content (AvgIpc) is 2.54. The van der Waals surface area contributed by atoms with Gasteiger partial charge in [-0.2, -0.15) is 0 Å². The highest BCUT2D eigenvalue weighted by atomic mass is 16.5. The molecule has 2 rings (SSSR count). The van der Waals surface area contributed by atoms with E-state index in [9.17, 15) is 0 Å². The Hall–Kier alpha value is -1.16. The van der Waals surface area contributed by atoms with Crippen LogP contribution < -0.4 is 10.5 Å². The molecule has 0 spiro atoms. The molecule has 0 aromatic carbocycles. The van der Waals surface area contributed by atoms with Crippen LogP contribution in [0.3, 0.4) is 0 Å². The molecule has 1 fully saturated rings. The van der Waals surface area contributed by atoms with Crippen molar-refractivity contribution in [3.63, 3.8) is 0 Å². The first-order valence-corrected chi connectivity index (χ1v) is 5.93. The molecule has 0 saturated heterocycles. The van der Waals surface area contributed by atoms with Gasteiger partial charge in [0.15, 0.2) is 0 Å². The average molecular weight is 221 g/mol. The van der Waals surface area contributed by atoms with E-state index in [1.807, 2.05) is 0 Å². The molecule has 1 heterocycles. The lowest BCUT2D eigenvalue weighted by atomic mass is 9.92. The number of rotatable bonds is 2. The zero-order valence-corrected chi connectivity index (χ0v) is 9.72. The first-order valence-electron chi connectivity index (χ1n) is 5.93. The van der Waals surface area contributed by atoms with Crippen LogP contribution in [0.5, 0.6) is 5.88 Å². The molecule has 1 saturated carbocycles. The standard InChI is InChI=1S/C12H19N3O/c1-16-12-11(14-7-8-15-12)9-5-3-2-4-6-10(9)13/h7-10H,2-6,13H2,1H3. The van der Waals surface area contributed by atoms with Crippen LogP contribution in [0.2, 0.25) is 0 Å². The highest BCUT2D eigenvalue weighted by Crippen LogP contribution is 2.33. The Bertz CT molecular complexity index is 343. The number of ether oxygens (including phenoxy) is 1. The molecule has 88 valence electrons. The van der Waals surface area contributed by atoms with E-state index in [1.165, 1.54) is 19.3 Å². The zero-order valence-electron chi connectivity index (χ0n) is 9.72. The van der Waals surface area contributed by atoms with E-state index >= 15 is 0 Å². The number of methoxy groups -OCH3 is 1. The normalized spacial score (nSPS) is 26.1. The predicted molar refractivity (Wildman–Crippen MR) is 62.4 cm³/mol. The van der Waals surface area contributed by atoms with Gasteiger partial charge in [0, 0.05) is 24.4 Å². The summed E-state index contributed by atoms with van der Waals surface area (Å²) >= 11 is 0. The Morgan fingerprint density at radius 2 is 1.94 bits per heavy atom. The maximum absolute atomic E-state index is 6.21. The molecule has 2 N–H and O–H groups in total. The minimum absolute atomic E-state index is 0.188. The summed E-state index contributed by atoms with van der Waals surface area (Å²) in [7, 11) is 1.63. The van der Waals surface area contributed by atoms with Crippen molar-refractivity contribution in [3.05, 3.63) is 18.1 Å². The van der Waals surface area contributed by atoms with Crippen LogP contribution in [-0.2, 0) is 0 Å². The van der Waals surface area contributed by atoms with Crippen LogP contribution in [-0.4, -0.2) is 23.1 Å². The van der Waals surface area contributed by atoms with Crippen molar-refractivity contribution in [2.75, 3.05) is 7.11 Å². The van der Waals surface area contributed by atoms with Crippen LogP contribution >= 0.6 is 0 Å². The van der Waals surface area contributed by atoms with Crippen molar-refractivity contribution < 1.29 is 4.74 Å². The maximum Gasteiger partial charge on any atom is 0.235 e. The van der Waals surface area contributed by atoms with E-state index in [2.05, 4.69) is 9.97 Å². The quantitative estimate of drug-likeness (QED) is 0.774. The lowest BCUT2D eigenvalue weighted by Gasteiger charge is -2.21. The van der Waals surface area contributed by atoms with E-state index < -0.39 is 0 Å². The summed E-state index contributed by atoms with van der Waals surface area (Å²) in [6.45, 7) is 0. The van der Waals surface area contributed by atoms with Gasteiger partial charge in [-0.25, -0.2) is 4.98 Å². The highest BCUT2D eigenvalue weighted by molar-refractivity contribution is 5.23. The molecule has 1 aliphatic rings. The van der Waals surface area contributed by atoms with Crippen LogP contribution in [0, 0.1) is 0 Å². The Kier molecular flexibility index (Phi) is 3.72. The van der Waals surface area contributed by atoms with Crippen molar-refractivity contribution in [2.24, 2.45) is 5.73 Å². The van der Waals surface area contributed by atoms with Gasteiger partial charge in [0.1, 0.15) is 5.69 Å². The fourth-order valence-electron chi connectivity index (χ4n) is 2.42. The highest BCUT2D eigenvalue weighted by Gasteiger charge is 2.26. The largest absolute Gasteiger partial charge is 0.480 e. The van der Waals surface area contributed by atoms with Crippen LogP contribution in [0.1, 0.15) is 43.7 Å². The van der Waals surface area contributed by atoms with E-state index in [1.54, 1.807) is 19.5 Å². The van der Waals surface area contributed by atoms with Crippen molar-refractivity contribution in [2.45, 2.75) is 44.1 Å². The van der Waals surface area contributed by atoms with Crippen molar-refractivity contribution in [1.29, 1.82) is 0 Å².